The molecule has 1 unspecified atom stereocenters. The Morgan fingerprint density at radius 2 is 2.07 bits per heavy atom. The van der Waals surface area contributed by atoms with E-state index in [1.807, 2.05) is 0 Å². The van der Waals surface area contributed by atoms with Crippen LogP contribution in [0.3, 0.4) is 0 Å². The van der Waals surface area contributed by atoms with Crippen LogP contribution in [0.1, 0.15) is 51.8 Å². The first-order chi connectivity index (χ1) is 13.4. The molecular weight excluding hydrogens is 388 g/mol. The van der Waals surface area contributed by atoms with Crippen molar-refractivity contribution in [3.05, 3.63) is 44.8 Å². The Bertz CT molecular complexity index is 898. The van der Waals surface area contributed by atoms with Crippen LogP contribution in [0, 0.1) is 12.8 Å². The van der Waals surface area contributed by atoms with E-state index in [4.69, 9.17) is 9.16 Å². The number of aryl methyl sites for hydroxylation is 1. The number of hydrogen-bond acceptors (Lipinski definition) is 5. The number of hydrogen-bond donors (Lipinski definition) is 2. The summed E-state index contributed by atoms with van der Waals surface area (Å²) in [6, 6.07) is 0. The molecule has 1 aromatic heterocycles. The number of aliphatic hydroxyl groups is 1. The highest BCUT2D eigenvalue weighted by atomic mass is 28.4. The summed E-state index contributed by atoms with van der Waals surface area (Å²) < 4.78 is 14.6. The van der Waals surface area contributed by atoms with Crippen molar-refractivity contribution in [1.29, 1.82) is 0 Å². The van der Waals surface area contributed by atoms with E-state index >= 15 is 0 Å². The number of aromatic nitrogens is 2. The van der Waals surface area contributed by atoms with Gasteiger partial charge in [0.25, 0.3) is 5.56 Å². The van der Waals surface area contributed by atoms with Crippen LogP contribution < -0.4 is 11.2 Å². The van der Waals surface area contributed by atoms with Crippen LogP contribution in [-0.4, -0.2) is 41.3 Å². The van der Waals surface area contributed by atoms with Crippen molar-refractivity contribution >= 4 is 8.32 Å². The maximum Gasteiger partial charge on any atom is 0.330 e. The molecule has 2 N–H and O–H groups in total. The molecule has 162 valence electrons. The van der Waals surface area contributed by atoms with E-state index in [1.54, 1.807) is 6.92 Å². The Morgan fingerprint density at radius 3 is 2.62 bits per heavy atom. The fourth-order valence-corrected chi connectivity index (χ4v) is 5.39. The van der Waals surface area contributed by atoms with Crippen molar-refractivity contribution in [3.8, 4) is 0 Å². The Labute approximate surface area is 172 Å². The maximum absolute atomic E-state index is 12.5. The Balaban J connectivity index is 2.03. The summed E-state index contributed by atoms with van der Waals surface area (Å²) in [6.07, 6.45) is 7.06. The summed E-state index contributed by atoms with van der Waals surface area (Å²) in [5.41, 5.74) is -1.37. The van der Waals surface area contributed by atoms with Crippen LogP contribution >= 0.6 is 0 Å². The number of nitrogens with one attached hydrogen (secondary N) is 1. The van der Waals surface area contributed by atoms with Crippen molar-refractivity contribution in [2.24, 2.45) is 5.92 Å². The first-order valence-electron chi connectivity index (χ1n) is 10.4. The SMILES string of the molecule is Cc1cn([C@H]2C[C@H](O[Si](C)(C)C(C)(C)C)[C@](CO)(C3C=CCC3)O2)c(=O)[nH]c1=O. The molecule has 0 aromatic carbocycles. The molecule has 1 aliphatic heterocycles. The average molecular weight is 423 g/mol. The lowest BCUT2D eigenvalue weighted by atomic mass is 9.83. The molecule has 8 heteroatoms. The zero-order chi connectivity index (χ0) is 21.6. The second-order valence-electron chi connectivity index (χ2n) is 9.88. The lowest BCUT2D eigenvalue weighted by molar-refractivity contribution is -0.148. The van der Waals surface area contributed by atoms with Gasteiger partial charge in [0.15, 0.2) is 8.32 Å². The summed E-state index contributed by atoms with van der Waals surface area (Å²) >= 11 is 0. The fourth-order valence-electron chi connectivity index (χ4n) is 4.03. The van der Waals surface area contributed by atoms with E-state index in [9.17, 15) is 14.7 Å². The number of rotatable bonds is 5. The second kappa shape index (κ2) is 7.65. The molecule has 1 fully saturated rings. The van der Waals surface area contributed by atoms with Gasteiger partial charge in [-0.2, -0.15) is 0 Å². The lowest BCUT2D eigenvalue weighted by Crippen LogP contribution is -2.55. The molecule has 7 nitrogen and oxygen atoms in total. The van der Waals surface area contributed by atoms with Gasteiger partial charge in [0.05, 0.1) is 12.7 Å². The third kappa shape index (κ3) is 3.95. The van der Waals surface area contributed by atoms with Crippen LogP contribution in [0.2, 0.25) is 18.1 Å². The zero-order valence-corrected chi connectivity index (χ0v) is 19.3. The lowest BCUT2D eigenvalue weighted by Gasteiger charge is -2.44. The number of aliphatic hydroxyl groups excluding tert-OH is 1. The molecule has 0 saturated carbocycles. The predicted octanol–water partition coefficient (Wildman–Crippen LogP) is 2.85. The van der Waals surface area contributed by atoms with Crippen LogP contribution in [0.4, 0.5) is 0 Å². The number of ether oxygens (including phenoxy) is 1. The topological polar surface area (TPSA) is 93.6 Å². The van der Waals surface area contributed by atoms with Crippen molar-refractivity contribution in [2.45, 2.75) is 83.0 Å². The molecule has 0 spiro atoms. The minimum Gasteiger partial charge on any atom is -0.411 e. The molecule has 2 aliphatic rings. The molecular formula is C21H34N2O5Si. The third-order valence-corrected chi connectivity index (χ3v) is 11.4. The largest absolute Gasteiger partial charge is 0.411 e. The van der Waals surface area contributed by atoms with Crippen molar-refractivity contribution in [1.82, 2.24) is 9.55 Å². The highest BCUT2D eigenvalue weighted by Gasteiger charge is 2.56. The summed E-state index contributed by atoms with van der Waals surface area (Å²) in [4.78, 5) is 26.6. The van der Waals surface area contributed by atoms with Gasteiger partial charge in [0, 0.05) is 24.1 Å². The smallest absolute Gasteiger partial charge is 0.330 e. The first kappa shape index (κ1) is 22.2. The van der Waals surface area contributed by atoms with E-state index in [-0.39, 0.29) is 23.7 Å². The third-order valence-electron chi connectivity index (χ3n) is 6.90. The quantitative estimate of drug-likeness (QED) is 0.562. The molecule has 0 radical (unpaired) electrons. The van der Waals surface area contributed by atoms with E-state index in [0.29, 0.717) is 12.0 Å². The fraction of sp³-hybridized carbons (Fsp3) is 0.714. The summed E-state index contributed by atoms with van der Waals surface area (Å²) in [6.45, 7) is 12.4. The summed E-state index contributed by atoms with van der Waals surface area (Å²) in [5.74, 6) is 0.0202. The van der Waals surface area contributed by atoms with Crippen LogP contribution in [-0.2, 0) is 9.16 Å². The van der Waals surface area contributed by atoms with Gasteiger partial charge in [-0.3, -0.25) is 14.3 Å². The zero-order valence-electron chi connectivity index (χ0n) is 18.3. The molecule has 4 atom stereocenters. The van der Waals surface area contributed by atoms with Gasteiger partial charge in [-0.25, -0.2) is 4.79 Å². The molecule has 1 aromatic rings. The minimum atomic E-state index is -2.15. The molecule has 0 bridgehead atoms. The van der Waals surface area contributed by atoms with Crippen molar-refractivity contribution in [2.75, 3.05) is 6.61 Å². The van der Waals surface area contributed by atoms with Gasteiger partial charge in [-0.05, 0) is 37.9 Å². The van der Waals surface area contributed by atoms with Gasteiger partial charge in [0.1, 0.15) is 11.8 Å². The first-order valence-corrected chi connectivity index (χ1v) is 13.3. The number of allylic oxidation sites excluding steroid dienone is 1. The molecule has 29 heavy (non-hydrogen) atoms. The molecule has 2 heterocycles. The summed E-state index contributed by atoms with van der Waals surface area (Å²) in [5, 5.41) is 10.5. The number of H-pyrrole nitrogens is 1. The number of nitrogens with zero attached hydrogens (tertiary/aromatic N) is 1. The van der Waals surface area contributed by atoms with Gasteiger partial charge < -0.3 is 14.3 Å². The molecule has 0 amide bonds. The van der Waals surface area contributed by atoms with E-state index in [1.165, 1.54) is 10.8 Å². The molecule has 1 aliphatic carbocycles. The van der Waals surface area contributed by atoms with E-state index < -0.39 is 31.4 Å². The normalized spacial score (nSPS) is 30.2. The predicted molar refractivity (Wildman–Crippen MR) is 115 cm³/mol. The van der Waals surface area contributed by atoms with Crippen LogP contribution in [0.5, 0.6) is 0 Å². The van der Waals surface area contributed by atoms with Gasteiger partial charge in [-0.15, -0.1) is 0 Å². The van der Waals surface area contributed by atoms with E-state index in [0.717, 1.165) is 12.8 Å². The second-order valence-corrected chi connectivity index (χ2v) is 14.6. The Kier molecular flexibility index (Phi) is 5.86. The molecule has 1 saturated heterocycles. The molecule has 3 rings (SSSR count). The Hall–Kier alpha value is -1.48. The standard InChI is InChI=1S/C21H34N2O5Si/c1-14-12-23(19(26)22-18(14)25)17-11-16(28-29(5,6)20(2,3)4)21(13-24,27-17)15-9-7-8-10-15/h7,9,12,15-17,24H,8,10-11,13H2,1-6H3,(H,22,25,26)/t15?,16-,17+,21-/m0/s1. The van der Waals surface area contributed by atoms with Crippen LogP contribution in [0.25, 0.3) is 0 Å². The van der Waals surface area contributed by atoms with Gasteiger partial charge in [-0.1, -0.05) is 32.9 Å². The van der Waals surface area contributed by atoms with Crippen molar-refractivity contribution in [3.63, 3.8) is 0 Å². The van der Waals surface area contributed by atoms with Gasteiger partial charge >= 0.3 is 5.69 Å². The van der Waals surface area contributed by atoms with Gasteiger partial charge in [0.2, 0.25) is 0 Å². The number of aromatic amines is 1. The average Bonchev–Trinajstić information content (AvgIpc) is 3.25. The maximum atomic E-state index is 12.5. The van der Waals surface area contributed by atoms with E-state index in [2.05, 4.69) is 51.0 Å². The highest BCUT2D eigenvalue weighted by Crippen LogP contribution is 2.49. The summed E-state index contributed by atoms with van der Waals surface area (Å²) in [7, 11) is -2.15. The monoisotopic (exact) mass is 422 g/mol. The van der Waals surface area contributed by atoms with Crippen molar-refractivity contribution < 1.29 is 14.3 Å². The highest BCUT2D eigenvalue weighted by molar-refractivity contribution is 6.74. The Morgan fingerprint density at radius 1 is 1.38 bits per heavy atom. The van der Waals surface area contributed by atoms with Crippen LogP contribution in [0.15, 0.2) is 27.9 Å². The minimum absolute atomic E-state index is 0.00318.